The van der Waals surface area contributed by atoms with E-state index < -0.39 is 0 Å². The van der Waals surface area contributed by atoms with Crippen molar-refractivity contribution in [3.05, 3.63) is 0 Å². The zero-order valence-corrected chi connectivity index (χ0v) is 13.1. The van der Waals surface area contributed by atoms with Crippen LogP contribution in [0.2, 0.25) is 0 Å². The van der Waals surface area contributed by atoms with E-state index in [1.807, 2.05) is 0 Å². The van der Waals surface area contributed by atoms with E-state index in [1.165, 1.54) is 64.2 Å². The first-order chi connectivity index (χ1) is 8.70. The molecule has 0 aliphatic carbocycles. The van der Waals surface area contributed by atoms with E-state index in [0.29, 0.717) is 12.5 Å². The average Bonchev–Trinajstić information content (AvgIpc) is 2.35. The van der Waals surface area contributed by atoms with Gasteiger partial charge < -0.3 is 5.11 Å². The Bertz CT molecular complexity index is 156. The zero-order chi connectivity index (χ0) is 13.6. The summed E-state index contributed by atoms with van der Waals surface area (Å²) in [5, 5.41) is 8.82. The normalized spacial score (nSPS) is 14.7. The van der Waals surface area contributed by atoms with Gasteiger partial charge in [0.15, 0.2) is 0 Å². The van der Waals surface area contributed by atoms with Gasteiger partial charge in [0.05, 0.1) is 0 Å². The van der Waals surface area contributed by atoms with E-state index in [2.05, 4.69) is 20.8 Å². The maximum absolute atomic E-state index is 8.82. The van der Waals surface area contributed by atoms with E-state index in [1.54, 1.807) is 0 Å². The average molecular weight is 256 g/mol. The van der Waals surface area contributed by atoms with Gasteiger partial charge in [-0.2, -0.15) is 0 Å². The van der Waals surface area contributed by atoms with Gasteiger partial charge in [0, 0.05) is 6.61 Å². The predicted molar refractivity (Wildman–Crippen MR) is 81.9 cm³/mol. The molecule has 1 heteroatoms. The molecule has 0 spiro atoms. The topological polar surface area (TPSA) is 20.2 Å². The van der Waals surface area contributed by atoms with E-state index in [9.17, 15) is 0 Å². The Morgan fingerprint density at radius 3 is 1.61 bits per heavy atom. The second kappa shape index (κ2) is 13.4. The molecule has 0 bridgehead atoms. The van der Waals surface area contributed by atoms with Gasteiger partial charge in [-0.1, -0.05) is 85.0 Å². The third kappa shape index (κ3) is 12.4. The molecule has 110 valence electrons. The highest BCUT2D eigenvalue weighted by molar-refractivity contribution is 4.56. The molecule has 0 aromatic heterocycles. The van der Waals surface area contributed by atoms with Crippen LogP contribution in [0.15, 0.2) is 0 Å². The van der Waals surface area contributed by atoms with Crippen LogP contribution in [0.4, 0.5) is 0 Å². The highest BCUT2D eigenvalue weighted by Crippen LogP contribution is 2.18. The summed E-state index contributed by atoms with van der Waals surface area (Å²) in [6, 6.07) is 0. The van der Waals surface area contributed by atoms with Crippen LogP contribution >= 0.6 is 0 Å². The Morgan fingerprint density at radius 2 is 1.11 bits per heavy atom. The summed E-state index contributed by atoms with van der Waals surface area (Å²) in [5.74, 6) is 1.65. The fraction of sp³-hybridized carbons (Fsp3) is 1.00. The lowest BCUT2D eigenvalue weighted by Crippen LogP contribution is -1.98. The lowest BCUT2D eigenvalue weighted by Gasteiger charge is -2.11. The molecule has 0 saturated carbocycles. The molecule has 0 radical (unpaired) electrons. The molecule has 0 heterocycles. The predicted octanol–water partition coefficient (Wildman–Crippen LogP) is 5.56. The monoisotopic (exact) mass is 256 g/mol. The fourth-order valence-corrected chi connectivity index (χ4v) is 2.58. The van der Waals surface area contributed by atoms with Crippen molar-refractivity contribution in [3.8, 4) is 0 Å². The van der Waals surface area contributed by atoms with Crippen LogP contribution < -0.4 is 0 Å². The molecule has 1 N–H and O–H groups in total. The van der Waals surface area contributed by atoms with Crippen molar-refractivity contribution in [2.24, 2.45) is 11.8 Å². The molecule has 2 atom stereocenters. The number of aliphatic hydroxyl groups is 1. The largest absolute Gasteiger partial charge is 0.396 e. The lowest BCUT2D eigenvalue weighted by atomic mass is 9.96. The highest BCUT2D eigenvalue weighted by Gasteiger charge is 2.02. The molecule has 0 fully saturated rings. The van der Waals surface area contributed by atoms with Gasteiger partial charge in [0.2, 0.25) is 0 Å². The Balaban J connectivity index is 3.15. The second-order valence-electron chi connectivity index (χ2n) is 6.21. The summed E-state index contributed by atoms with van der Waals surface area (Å²) in [6.45, 7) is 7.30. The van der Waals surface area contributed by atoms with Gasteiger partial charge in [-0.3, -0.25) is 0 Å². The standard InChI is InChI=1S/C17H36O/c1-4-5-11-16(2)12-9-7-6-8-10-13-17(3)14-15-18/h16-18H,4-15H2,1-3H3. The van der Waals surface area contributed by atoms with E-state index in [-0.39, 0.29) is 0 Å². The summed E-state index contributed by atoms with van der Waals surface area (Å²) in [6.07, 6.45) is 14.9. The van der Waals surface area contributed by atoms with Gasteiger partial charge in [-0.25, -0.2) is 0 Å². The van der Waals surface area contributed by atoms with Crippen LogP contribution in [0.3, 0.4) is 0 Å². The van der Waals surface area contributed by atoms with Crippen LogP contribution in [0.1, 0.15) is 91.4 Å². The molecule has 1 nitrogen and oxygen atoms in total. The Labute approximate surface area is 115 Å². The second-order valence-corrected chi connectivity index (χ2v) is 6.21. The Morgan fingerprint density at radius 1 is 0.667 bits per heavy atom. The molecule has 0 saturated heterocycles. The summed E-state index contributed by atoms with van der Waals surface area (Å²) >= 11 is 0. The van der Waals surface area contributed by atoms with Crippen LogP contribution in [0, 0.1) is 11.8 Å². The molecule has 0 rings (SSSR count). The molecule has 2 unspecified atom stereocenters. The van der Waals surface area contributed by atoms with Crippen molar-refractivity contribution < 1.29 is 5.11 Å². The summed E-state index contributed by atoms with van der Waals surface area (Å²) < 4.78 is 0. The summed E-state index contributed by atoms with van der Waals surface area (Å²) in [4.78, 5) is 0. The number of rotatable bonds is 13. The van der Waals surface area contributed by atoms with Crippen molar-refractivity contribution in [2.45, 2.75) is 91.4 Å². The zero-order valence-electron chi connectivity index (χ0n) is 13.1. The first-order valence-corrected chi connectivity index (χ1v) is 8.31. The molecule has 0 amide bonds. The van der Waals surface area contributed by atoms with Crippen LogP contribution in [0.5, 0.6) is 0 Å². The van der Waals surface area contributed by atoms with Crippen molar-refractivity contribution in [1.82, 2.24) is 0 Å². The number of aliphatic hydroxyl groups excluding tert-OH is 1. The smallest absolute Gasteiger partial charge is 0.0433 e. The quantitative estimate of drug-likeness (QED) is 0.428. The number of unbranched alkanes of at least 4 members (excludes halogenated alkanes) is 5. The van der Waals surface area contributed by atoms with Crippen LogP contribution in [-0.4, -0.2) is 11.7 Å². The maximum atomic E-state index is 8.82. The summed E-state index contributed by atoms with van der Waals surface area (Å²) in [5.41, 5.74) is 0. The third-order valence-electron chi connectivity index (χ3n) is 4.07. The summed E-state index contributed by atoms with van der Waals surface area (Å²) in [7, 11) is 0. The van der Waals surface area contributed by atoms with Gasteiger partial charge in [-0.05, 0) is 18.3 Å². The van der Waals surface area contributed by atoms with Crippen molar-refractivity contribution in [1.29, 1.82) is 0 Å². The van der Waals surface area contributed by atoms with Crippen molar-refractivity contribution in [2.75, 3.05) is 6.61 Å². The van der Waals surface area contributed by atoms with E-state index in [0.717, 1.165) is 12.3 Å². The first kappa shape index (κ1) is 18.0. The minimum atomic E-state index is 0.358. The number of hydrogen-bond donors (Lipinski definition) is 1. The van der Waals surface area contributed by atoms with E-state index in [4.69, 9.17) is 5.11 Å². The molecular formula is C17H36O. The van der Waals surface area contributed by atoms with Crippen LogP contribution in [-0.2, 0) is 0 Å². The van der Waals surface area contributed by atoms with Gasteiger partial charge >= 0.3 is 0 Å². The number of hydrogen-bond acceptors (Lipinski definition) is 1. The van der Waals surface area contributed by atoms with Gasteiger partial charge in [-0.15, -0.1) is 0 Å². The molecule has 18 heavy (non-hydrogen) atoms. The highest BCUT2D eigenvalue weighted by atomic mass is 16.3. The fourth-order valence-electron chi connectivity index (χ4n) is 2.58. The first-order valence-electron chi connectivity index (χ1n) is 8.31. The Hall–Kier alpha value is -0.0400. The SMILES string of the molecule is CCCCC(C)CCCCCCCC(C)CCO. The maximum Gasteiger partial charge on any atom is 0.0433 e. The van der Waals surface area contributed by atoms with Crippen molar-refractivity contribution in [3.63, 3.8) is 0 Å². The lowest BCUT2D eigenvalue weighted by molar-refractivity contribution is 0.256. The van der Waals surface area contributed by atoms with E-state index >= 15 is 0 Å². The van der Waals surface area contributed by atoms with Gasteiger partial charge in [0.25, 0.3) is 0 Å². The molecule has 0 aliphatic rings. The minimum absolute atomic E-state index is 0.358. The van der Waals surface area contributed by atoms with Crippen molar-refractivity contribution >= 4 is 0 Å². The minimum Gasteiger partial charge on any atom is -0.396 e. The molecular weight excluding hydrogens is 220 g/mol. The molecule has 0 aromatic rings. The molecule has 0 aliphatic heterocycles. The van der Waals surface area contributed by atoms with Crippen LogP contribution in [0.25, 0.3) is 0 Å². The van der Waals surface area contributed by atoms with Gasteiger partial charge in [0.1, 0.15) is 0 Å². The third-order valence-corrected chi connectivity index (χ3v) is 4.07. The molecule has 0 aromatic carbocycles. The Kier molecular flexibility index (Phi) is 13.4.